The summed E-state index contributed by atoms with van der Waals surface area (Å²) in [7, 11) is 1.68. The van der Waals surface area contributed by atoms with Crippen molar-refractivity contribution in [3.8, 4) is 6.07 Å². The summed E-state index contributed by atoms with van der Waals surface area (Å²) in [6.45, 7) is 6.05. The Kier molecular flexibility index (Phi) is 6.12. The highest BCUT2D eigenvalue weighted by atomic mass is 16.5. The third-order valence-corrected chi connectivity index (χ3v) is 10.5. The quantitative estimate of drug-likeness (QED) is 0.700. The van der Waals surface area contributed by atoms with Gasteiger partial charge in [-0.3, -0.25) is 4.68 Å². The first-order chi connectivity index (χ1) is 15.8. The lowest BCUT2D eigenvalue weighted by Crippen LogP contribution is -2.56. The van der Waals surface area contributed by atoms with Crippen molar-refractivity contribution in [1.82, 2.24) is 9.78 Å². The molecule has 1 unspecified atom stereocenters. The van der Waals surface area contributed by atoms with Gasteiger partial charge in [-0.25, -0.2) is 0 Å². The Bertz CT molecular complexity index is 895. The Labute approximate surface area is 198 Å². The van der Waals surface area contributed by atoms with Crippen LogP contribution in [-0.2, 0) is 11.3 Å². The first-order valence-corrected chi connectivity index (χ1v) is 13.1. The van der Waals surface area contributed by atoms with Crippen molar-refractivity contribution in [2.75, 3.05) is 13.7 Å². The average molecular weight is 456 g/mol. The van der Waals surface area contributed by atoms with Crippen molar-refractivity contribution in [1.29, 1.82) is 5.26 Å². The molecule has 0 spiro atoms. The third kappa shape index (κ3) is 3.94. The lowest BCUT2D eigenvalue weighted by molar-refractivity contribution is -0.161. The highest BCUT2D eigenvalue weighted by Gasteiger charge is 2.61. The van der Waals surface area contributed by atoms with Gasteiger partial charge in [-0.1, -0.05) is 13.8 Å². The highest BCUT2D eigenvalue weighted by molar-refractivity contribution is 5.21. The number of aromatic nitrogens is 2. The topological polar surface area (TPSA) is 91.3 Å². The molecule has 4 aliphatic rings. The maximum atomic E-state index is 11.6. The number of rotatable bonds is 5. The number of ether oxygens (including phenoxy) is 1. The van der Waals surface area contributed by atoms with E-state index in [9.17, 15) is 10.2 Å². The van der Waals surface area contributed by atoms with E-state index in [-0.39, 0.29) is 11.5 Å². The van der Waals surface area contributed by atoms with Crippen LogP contribution in [0.5, 0.6) is 0 Å². The minimum absolute atomic E-state index is 0.170. The predicted molar refractivity (Wildman–Crippen MR) is 125 cm³/mol. The standard InChI is InChI=1S/C27H41N3O3/c1-17(14-30-15-18(12-28)13-29-30)22-6-7-23-21-5-4-19-10-27(32,16-33-3)9-8-20(19)25(21)24(31)11-26(22,23)2/h13,15,17,19-25,31-32H,4-11,14,16H2,1-3H3/t17?,19-,20+,21+,22-,23+,24-,25-,26-,27-/m1/s1. The first-order valence-electron chi connectivity index (χ1n) is 13.1. The SMILES string of the molecule is COC[C@@]1(O)CC[C@H]2[C@H](CC[C@@H]3[C@@H]2[C@H](O)C[C@]2(C)[C@@H](C(C)Cn4cc(C#N)cn4)CC[C@@H]32)C1. The lowest BCUT2D eigenvalue weighted by Gasteiger charge is -2.59. The van der Waals surface area contributed by atoms with Crippen molar-refractivity contribution in [3.05, 3.63) is 18.0 Å². The third-order valence-electron chi connectivity index (χ3n) is 10.5. The minimum atomic E-state index is -0.678. The predicted octanol–water partition coefficient (Wildman–Crippen LogP) is 4.01. The molecule has 4 aliphatic carbocycles. The van der Waals surface area contributed by atoms with Gasteiger partial charge in [0, 0.05) is 19.9 Å². The summed E-state index contributed by atoms with van der Waals surface area (Å²) in [6, 6.07) is 2.18. The minimum Gasteiger partial charge on any atom is -0.393 e. The largest absolute Gasteiger partial charge is 0.393 e. The van der Waals surface area contributed by atoms with E-state index in [0.29, 0.717) is 53.6 Å². The van der Waals surface area contributed by atoms with Crippen LogP contribution in [0.4, 0.5) is 0 Å². The molecule has 33 heavy (non-hydrogen) atoms. The summed E-state index contributed by atoms with van der Waals surface area (Å²) >= 11 is 0. The summed E-state index contributed by atoms with van der Waals surface area (Å²) in [4.78, 5) is 0. The number of hydrogen-bond acceptors (Lipinski definition) is 5. The van der Waals surface area contributed by atoms with Crippen molar-refractivity contribution in [2.24, 2.45) is 46.8 Å². The molecular weight excluding hydrogens is 414 g/mol. The fourth-order valence-corrected chi connectivity index (χ4v) is 9.36. The van der Waals surface area contributed by atoms with Gasteiger partial charge >= 0.3 is 0 Å². The van der Waals surface area contributed by atoms with Crippen LogP contribution < -0.4 is 0 Å². The van der Waals surface area contributed by atoms with E-state index in [1.165, 1.54) is 25.7 Å². The summed E-state index contributed by atoms with van der Waals surface area (Å²) in [5.74, 6) is 3.79. The molecule has 0 aliphatic heterocycles. The summed E-state index contributed by atoms with van der Waals surface area (Å²) in [6.07, 6.45) is 11.7. The van der Waals surface area contributed by atoms with Gasteiger partial charge in [0.1, 0.15) is 6.07 Å². The van der Waals surface area contributed by atoms with Gasteiger partial charge in [-0.05, 0) is 98.2 Å². The Morgan fingerprint density at radius 3 is 2.79 bits per heavy atom. The van der Waals surface area contributed by atoms with Crippen LogP contribution in [0.1, 0.15) is 70.8 Å². The van der Waals surface area contributed by atoms with Gasteiger partial charge in [0.05, 0.1) is 30.1 Å². The molecule has 1 aromatic rings. The van der Waals surface area contributed by atoms with Crippen molar-refractivity contribution < 1.29 is 14.9 Å². The zero-order valence-electron chi connectivity index (χ0n) is 20.5. The van der Waals surface area contributed by atoms with Gasteiger partial charge in [0.15, 0.2) is 0 Å². The molecule has 0 saturated heterocycles. The second-order valence-electron chi connectivity index (χ2n) is 12.3. The highest BCUT2D eigenvalue weighted by Crippen LogP contribution is 2.65. The van der Waals surface area contributed by atoms with Crippen molar-refractivity contribution >= 4 is 0 Å². The molecular formula is C27H41N3O3. The molecule has 1 heterocycles. The summed E-state index contributed by atoms with van der Waals surface area (Å²) in [5, 5.41) is 36.1. The molecule has 0 bridgehead atoms. The lowest BCUT2D eigenvalue weighted by atomic mass is 9.47. The van der Waals surface area contributed by atoms with Gasteiger partial charge in [0.2, 0.25) is 0 Å². The fraction of sp³-hybridized carbons (Fsp3) is 0.852. The van der Waals surface area contributed by atoms with Crippen molar-refractivity contribution in [2.45, 2.75) is 83.5 Å². The second-order valence-corrected chi connectivity index (χ2v) is 12.3. The first kappa shape index (κ1) is 23.3. The molecule has 4 saturated carbocycles. The summed E-state index contributed by atoms with van der Waals surface area (Å²) < 4.78 is 7.25. The Balaban J connectivity index is 1.31. The van der Waals surface area contributed by atoms with E-state index in [1.807, 2.05) is 10.9 Å². The average Bonchev–Trinajstić information content (AvgIpc) is 3.36. The molecule has 1 aromatic heterocycles. The summed E-state index contributed by atoms with van der Waals surface area (Å²) in [5.41, 5.74) is 0.113. The maximum absolute atomic E-state index is 11.6. The van der Waals surface area contributed by atoms with Crippen LogP contribution in [-0.4, -0.2) is 45.4 Å². The van der Waals surface area contributed by atoms with Crippen LogP contribution in [0, 0.1) is 58.2 Å². The molecule has 4 fully saturated rings. The number of aliphatic hydroxyl groups excluding tert-OH is 1. The van der Waals surface area contributed by atoms with Gasteiger partial charge < -0.3 is 14.9 Å². The van der Waals surface area contributed by atoms with E-state index in [1.54, 1.807) is 13.3 Å². The number of nitriles is 1. The molecule has 5 rings (SSSR count). The maximum Gasteiger partial charge on any atom is 0.102 e. The monoisotopic (exact) mass is 455 g/mol. The van der Waals surface area contributed by atoms with Gasteiger partial charge in [0.25, 0.3) is 0 Å². The van der Waals surface area contributed by atoms with Crippen LogP contribution in [0.25, 0.3) is 0 Å². The van der Waals surface area contributed by atoms with Crippen LogP contribution in [0.15, 0.2) is 12.4 Å². The molecule has 0 radical (unpaired) electrons. The van der Waals surface area contributed by atoms with E-state index in [0.717, 1.165) is 32.2 Å². The van der Waals surface area contributed by atoms with E-state index < -0.39 is 5.60 Å². The van der Waals surface area contributed by atoms with Crippen molar-refractivity contribution in [3.63, 3.8) is 0 Å². The van der Waals surface area contributed by atoms with Gasteiger partial charge in [-0.2, -0.15) is 10.4 Å². The Morgan fingerprint density at radius 2 is 2.06 bits per heavy atom. The van der Waals surface area contributed by atoms with E-state index in [2.05, 4.69) is 25.0 Å². The molecule has 6 heteroatoms. The van der Waals surface area contributed by atoms with E-state index in [4.69, 9.17) is 10.00 Å². The number of hydrogen-bond donors (Lipinski definition) is 2. The normalized spacial score (nSPS) is 45.5. The number of aliphatic hydroxyl groups is 2. The zero-order valence-corrected chi connectivity index (χ0v) is 20.5. The van der Waals surface area contributed by atoms with E-state index >= 15 is 0 Å². The molecule has 10 atom stereocenters. The number of nitrogens with zero attached hydrogens (tertiary/aromatic N) is 3. The fourth-order valence-electron chi connectivity index (χ4n) is 9.36. The molecule has 182 valence electrons. The smallest absolute Gasteiger partial charge is 0.102 e. The number of fused-ring (bicyclic) bond motifs is 5. The number of methoxy groups -OCH3 is 1. The Hall–Kier alpha value is -1.42. The second kappa shape index (κ2) is 8.66. The molecule has 2 N–H and O–H groups in total. The van der Waals surface area contributed by atoms with Crippen LogP contribution in [0.2, 0.25) is 0 Å². The van der Waals surface area contributed by atoms with Crippen LogP contribution >= 0.6 is 0 Å². The molecule has 6 nitrogen and oxygen atoms in total. The zero-order chi connectivity index (χ0) is 23.4. The Morgan fingerprint density at radius 1 is 1.24 bits per heavy atom. The molecule has 0 aromatic carbocycles. The van der Waals surface area contributed by atoms with Gasteiger partial charge in [-0.15, -0.1) is 0 Å². The molecule has 0 amide bonds. The van der Waals surface area contributed by atoms with Crippen LogP contribution in [0.3, 0.4) is 0 Å².